The van der Waals surface area contributed by atoms with Crippen molar-refractivity contribution in [3.8, 4) is 0 Å². The first-order valence-corrected chi connectivity index (χ1v) is 9.79. The van der Waals surface area contributed by atoms with Crippen molar-refractivity contribution in [1.29, 1.82) is 0 Å². The zero-order valence-electron chi connectivity index (χ0n) is 15.3. The van der Waals surface area contributed by atoms with Gasteiger partial charge in [0.1, 0.15) is 6.61 Å². The van der Waals surface area contributed by atoms with E-state index in [-0.39, 0.29) is 30.9 Å². The molecule has 0 atom stereocenters. The lowest BCUT2D eigenvalue weighted by Gasteiger charge is -2.27. The minimum Gasteiger partial charge on any atom is -0.463 e. The molecule has 1 aliphatic heterocycles. The van der Waals surface area contributed by atoms with E-state index in [1.165, 1.54) is 0 Å². The smallest absolute Gasteiger partial charge is 0.316 e. The van der Waals surface area contributed by atoms with Crippen molar-refractivity contribution in [2.75, 3.05) is 13.2 Å². The second-order valence-corrected chi connectivity index (χ2v) is 7.68. The van der Waals surface area contributed by atoms with Crippen LogP contribution in [0.2, 0.25) is 5.02 Å². The van der Waals surface area contributed by atoms with Gasteiger partial charge < -0.3 is 4.74 Å². The third-order valence-electron chi connectivity index (χ3n) is 5.67. The number of esters is 1. The molecule has 1 aliphatic carbocycles. The molecule has 0 N–H and O–H groups in total. The summed E-state index contributed by atoms with van der Waals surface area (Å²) in [5.41, 5.74) is 1.02. The molecule has 4 rings (SSSR count). The first-order chi connectivity index (χ1) is 13.5. The fraction of sp³-hybridized carbons (Fsp3) is 0.318. The Morgan fingerprint density at radius 2 is 1.54 bits per heavy atom. The van der Waals surface area contributed by atoms with Crippen molar-refractivity contribution in [3.05, 3.63) is 70.2 Å². The SMILES string of the molecule is O=C1c2ccccc2C(=O)N1CCOC(=O)C1(c2ccc(Cl)cc2)CCCC1. The fourth-order valence-corrected chi connectivity index (χ4v) is 4.29. The number of carbonyl (C=O) groups excluding carboxylic acids is 3. The van der Waals surface area contributed by atoms with Gasteiger partial charge in [-0.05, 0) is 42.7 Å². The Labute approximate surface area is 168 Å². The lowest BCUT2D eigenvalue weighted by Crippen LogP contribution is -2.38. The summed E-state index contributed by atoms with van der Waals surface area (Å²) in [5, 5.41) is 0.621. The van der Waals surface area contributed by atoms with Crippen LogP contribution in [-0.4, -0.2) is 35.8 Å². The third-order valence-corrected chi connectivity index (χ3v) is 5.92. The summed E-state index contributed by atoms with van der Waals surface area (Å²) in [6, 6.07) is 14.0. The number of ether oxygens (including phenoxy) is 1. The van der Waals surface area contributed by atoms with Crippen LogP contribution in [0.15, 0.2) is 48.5 Å². The average Bonchev–Trinajstić information content (AvgIpc) is 3.29. The molecule has 1 saturated carbocycles. The van der Waals surface area contributed by atoms with Crippen molar-refractivity contribution in [1.82, 2.24) is 4.90 Å². The molecule has 28 heavy (non-hydrogen) atoms. The Kier molecular flexibility index (Phi) is 4.94. The highest BCUT2D eigenvalue weighted by atomic mass is 35.5. The maximum absolute atomic E-state index is 13.0. The Bertz CT molecular complexity index is 897. The minimum atomic E-state index is -0.674. The minimum absolute atomic E-state index is 0.0142. The number of hydrogen-bond donors (Lipinski definition) is 0. The number of hydrogen-bond acceptors (Lipinski definition) is 4. The summed E-state index contributed by atoms with van der Waals surface area (Å²) >= 11 is 5.98. The van der Waals surface area contributed by atoms with Crippen LogP contribution < -0.4 is 0 Å². The van der Waals surface area contributed by atoms with E-state index in [1.54, 1.807) is 36.4 Å². The standard InChI is InChI=1S/C22H20ClNO4/c23-16-9-7-15(8-10-16)22(11-3-4-12-22)21(27)28-14-13-24-19(25)17-5-1-2-6-18(17)20(24)26/h1-2,5-10H,3-4,11-14H2. The molecule has 6 heteroatoms. The molecule has 0 aromatic heterocycles. The second kappa shape index (κ2) is 7.40. The van der Waals surface area contributed by atoms with Crippen molar-refractivity contribution < 1.29 is 19.1 Å². The molecule has 2 aromatic carbocycles. The average molecular weight is 398 g/mol. The Hall–Kier alpha value is -2.66. The fourth-order valence-electron chi connectivity index (χ4n) is 4.17. The largest absolute Gasteiger partial charge is 0.463 e. The molecule has 1 heterocycles. The Morgan fingerprint density at radius 1 is 0.964 bits per heavy atom. The van der Waals surface area contributed by atoms with Gasteiger partial charge in [-0.2, -0.15) is 0 Å². The highest BCUT2D eigenvalue weighted by Crippen LogP contribution is 2.42. The number of benzene rings is 2. The molecule has 0 spiro atoms. The molecule has 0 radical (unpaired) electrons. The van der Waals surface area contributed by atoms with Crippen LogP contribution >= 0.6 is 11.6 Å². The zero-order valence-corrected chi connectivity index (χ0v) is 16.1. The predicted octanol–water partition coefficient (Wildman–Crippen LogP) is 3.99. The molecule has 2 amide bonds. The van der Waals surface area contributed by atoms with Crippen molar-refractivity contribution in [3.63, 3.8) is 0 Å². The van der Waals surface area contributed by atoms with Crippen LogP contribution in [0, 0.1) is 0 Å². The van der Waals surface area contributed by atoms with Crippen LogP contribution in [0.3, 0.4) is 0 Å². The number of nitrogens with zero attached hydrogens (tertiary/aromatic N) is 1. The van der Waals surface area contributed by atoms with Crippen LogP contribution in [0.1, 0.15) is 52.0 Å². The van der Waals surface area contributed by atoms with Gasteiger partial charge in [0.2, 0.25) is 0 Å². The maximum Gasteiger partial charge on any atom is 0.316 e. The monoisotopic (exact) mass is 397 g/mol. The van der Waals surface area contributed by atoms with Gasteiger partial charge in [-0.1, -0.05) is 48.7 Å². The Balaban J connectivity index is 1.43. The van der Waals surface area contributed by atoms with Crippen LogP contribution in [0.5, 0.6) is 0 Å². The molecule has 0 unspecified atom stereocenters. The highest BCUT2D eigenvalue weighted by Gasteiger charge is 2.44. The summed E-state index contributed by atoms with van der Waals surface area (Å²) in [6.07, 6.45) is 3.35. The summed E-state index contributed by atoms with van der Waals surface area (Å²) in [7, 11) is 0. The number of carbonyl (C=O) groups is 3. The third kappa shape index (κ3) is 3.10. The Morgan fingerprint density at radius 3 is 2.11 bits per heavy atom. The quantitative estimate of drug-likeness (QED) is 0.565. The van der Waals surface area contributed by atoms with E-state index >= 15 is 0 Å². The van der Waals surface area contributed by atoms with Gasteiger partial charge in [-0.15, -0.1) is 0 Å². The molecular weight excluding hydrogens is 378 g/mol. The second-order valence-electron chi connectivity index (χ2n) is 7.24. The number of halogens is 1. The van der Waals surface area contributed by atoms with E-state index in [1.807, 2.05) is 12.1 Å². The van der Waals surface area contributed by atoms with E-state index in [0.717, 1.165) is 36.1 Å². The summed E-state index contributed by atoms with van der Waals surface area (Å²) in [5.74, 6) is -0.987. The first kappa shape index (κ1) is 18.7. The van der Waals surface area contributed by atoms with Crippen LogP contribution in [0.25, 0.3) is 0 Å². The van der Waals surface area contributed by atoms with E-state index in [9.17, 15) is 14.4 Å². The van der Waals surface area contributed by atoms with E-state index in [4.69, 9.17) is 16.3 Å². The van der Waals surface area contributed by atoms with Crippen molar-refractivity contribution >= 4 is 29.4 Å². The van der Waals surface area contributed by atoms with Crippen LogP contribution in [0.4, 0.5) is 0 Å². The lowest BCUT2D eigenvalue weighted by molar-refractivity contribution is -0.150. The van der Waals surface area contributed by atoms with E-state index in [2.05, 4.69) is 0 Å². The molecule has 2 aromatic rings. The number of imide groups is 1. The van der Waals surface area contributed by atoms with Crippen LogP contribution in [-0.2, 0) is 14.9 Å². The van der Waals surface area contributed by atoms with Crippen molar-refractivity contribution in [2.45, 2.75) is 31.1 Å². The zero-order chi connectivity index (χ0) is 19.7. The molecule has 144 valence electrons. The van der Waals surface area contributed by atoms with Gasteiger partial charge >= 0.3 is 5.97 Å². The summed E-state index contributed by atoms with van der Waals surface area (Å²) in [4.78, 5) is 38.9. The van der Waals surface area contributed by atoms with Gasteiger partial charge in [0.25, 0.3) is 11.8 Å². The normalized spacial score (nSPS) is 17.7. The van der Waals surface area contributed by atoms with E-state index < -0.39 is 5.41 Å². The molecule has 1 fully saturated rings. The van der Waals surface area contributed by atoms with E-state index in [0.29, 0.717) is 16.1 Å². The molecular formula is C22H20ClNO4. The predicted molar refractivity (Wildman–Crippen MR) is 104 cm³/mol. The topological polar surface area (TPSA) is 63.7 Å². The van der Waals surface area contributed by atoms with Crippen molar-refractivity contribution in [2.24, 2.45) is 0 Å². The summed E-state index contributed by atoms with van der Waals surface area (Å²) < 4.78 is 5.55. The maximum atomic E-state index is 13.0. The number of amides is 2. The summed E-state index contributed by atoms with van der Waals surface area (Å²) in [6.45, 7) is 0.0361. The van der Waals surface area contributed by atoms with Gasteiger partial charge in [0.05, 0.1) is 23.1 Å². The molecule has 0 saturated heterocycles. The van der Waals surface area contributed by atoms with Gasteiger partial charge in [-0.25, -0.2) is 0 Å². The molecule has 0 bridgehead atoms. The molecule has 5 nitrogen and oxygen atoms in total. The number of fused-ring (bicyclic) bond motifs is 1. The highest BCUT2D eigenvalue weighted by molar-refractivity contribution is 6.30. The lowest BCUT2D eigenvalue weighted by atomic mass is 9.79. The van der Waals surface area contributed by atoms with Gasteiger partial charge in [0, 0.05) is 5.02 Å². The van der Waals surface area contributed by atoms with Gasteiger partial charge in [-0.3, -0.25) is 19.3 Å². The number of rotatable bonds is 5. The first-order valence-electron chi connectivity index (χ1n) is 9.41. The van der Waals surface area contributed by atoms with Gasteiger partial charge in [0.15, 0.2) is 0 Å². The molecule has 2 aliphatic rings.